The monoisotopic (exact) mass is 345 g/mol. The number of hydrogen-bond donors (Lipinski definition) is 1. The first-order valence-electron chi connectivity index (χ1n) is 5.64. The Balaban J connectivity index is 2.23. The summed E-state index contributed by atoms with van der Waals surface area (Å²) >= 11 is 9.27. The van der Waals surface area contributed by atoms with Crippen molar-refractivity contribution in [2.75, 3.05) is 5.32 Å². The van der Waals surface area contributed by atoms with Crippen molar-refractivity contribution in [3.63, 3.8) is 0 Å². The Morgan fingerprint density at radius 2 is 1.74 bits per heavy atom. The van der Waals surface area contributed by atoms with Crippen LogP contribution in [0.2, 0.25) is 5.02 Å². The zero-order chi connectivity index (χ0) is 14.0. The maximum Gasteiger partial charge on any atom is 0.124 e. The van der Waals surface area contributed by atoms with Crippen LogP contribution in [0.25, 0.3) is 0 Å². The quantitative estimate of drug-likeness (QED) is 0.768. The van der Waals surface area contributed by atoms with Gasteiger partial charge >= 0.3 is 0 Å². The fourth-order valence-corrected chi connectivity index (χ4v) is 2.69. The second-order valence-corrected chi connectivity index (χ2v) is 5.42. The van der Waals surface area contributed by atoms with Crippen LogP contribution in [0.1, 0.15) is 18.5 Å². The van der Waals surface area contributed by atoms with Gasteiger partial charge in [-0.15, -0.1) is 0 Å². The molecule has 0 saturated heterocycles. The lowest BCUT2D eigenvalue weighted by molar-refractivity contribution is 0.625. The topological polar surface area (TPSA) is 12.0 Å². The summed E-state index contributed by atoms with van der Waals surface area (Å²) in [7, 11) is 0. The molecule has 1 N–H and O–H groups in total. The largest absolute Gasteiger partial charge is 0.377 e. The van der Waals surface area contributed by atoms with Gasteiger partial charge in [0.15, 0.2) is 0 Å². The molecule has 0 aromatic heterocycles. The lowest BCUT2D eigenvalue weighted by Gasteiger charge is -2.18. The van der Waals surface area contributed by atoms with Crippen molar-refractivity contribution < 1.29 is 8.78 Å². The fraction of sp³-hybridized carbons (Fsp3) is 0.143. The molecule has 5 heteroatoms. The van der Waals surface area contributed by atoms with Gasteiger partial charge in [-0.05, 0) is 42.8 Å². The van der Waals surface area contributed by atoms with Gasteiger partial charge in [0.1, 0.15) is 11.6 Å². The van der Waals surface area contributed by atoms with Crippen LogP contribution in [-0.2, 0) is 0 Å². The lowest BCUT2D eigenvalue weighted by Crippen LogP contribution is -2.08. The number of halogens is 4. The van der Waals surface area contributed by atoms with Gasteiger partial charge in [0.05, 0.1) is 10.7 Å². The predicted molar refractivity (Wildman–Crippen MR) is 77.5 cm³/mol. The zero-order valence-electron chi connectivity index (χ0n) is 10.1. The van der Waals surface area contributed by atoms with Crippen molar-refractivity contribution in [2.45, 2.75) is 13.0 Å². The maximum atomic E-state index is 13.0. The summed E-state index contributed by atoms with van der Waals surface area (Å²) in [6, 6.07) is 8.54. The highest BCUT2D eigenvalue weighted by atomic mass is 79.9. The van der Waals surface area contributed by atoms with E-state index < -0.39 is 0 Å². The number of nitrogens with one attached hydrogen (secondary N) is 1. The van der Waals surface area contributed by atoms with Crippen LogP contribution < -0.4 is 5.32 Å². The van der Waals surface area contributed by atoms with Crippen LogP contribution in [0.15, 0.2) is 40.9 Å². The molecule has 2 rings (SSSR count). The van der Waals surface area contributed by atoms with Crippen LogP contribution in [0.3, 0.4) is 0 Å². The molecule has 2 aromatic carbocycles. The van der Waals surface area contributed by atoms with E-state index in [2.05, 4.69) is 21.2 Å². The van der Waals surface area contributed by atoms with Gasteiger partial charge in [0.2, 0.25) is 0 Å². The van der Waals surface area contributed by atoms with E-state index in [0.29, 0.717) is 15.2 Å². The van der Waals surface area contributed by atoms with Crippen molar-refractivity contribution in [3.05, 3.63) is 63.1 Å². The first-order chi connectivity index (χ1) is 8.97. The minimum atomic E-state index is -0.383. The number of anilines is 1. The summed E-state index contributed by atoms with van der Waals surface area (Å²) in [5.74, 6) is -0.686. The van der Waals surface area contributed by atoms with E-state index in [4.69, 9.17) is 11.6 Å². The molecular formula is C14H11BrClF2N. The molecule has 0 aliphatic carbocycles. The van der Waals surface area contributed by atoms with E-state index in [9.17, 15) is 8.78 Å². The van der Waals surface area contributed by atoms with Crippen molar-refractivity contribution in [2.24, 2.45) is 0 Å². The summed E-state index contributed by atoms with van der Waals surface area (Å²) in [5.41, 5.74) is 1.52. The molecule has 0 radical (unpaired) electrons. The Hall–Kier alpha value is -1.13. The van der Waals surface area contributed by atoms with Crippen molar-refractivity contribution in [1.82, 2.24) is 0 Å². The first-order valence-corrected chi connectivity index (χ1v) is 6.81. The summed E-state index contributed by atoms with van der Waals surface area (Å²) in [6.45, 7) is 1.91. The van der Waals surface area contributed by atoms with Crippen molar-refractivity contribution >= 4 is 33.2 Å². The molecule has 1 nitrogen and oxygen atoms in total. The van der Waals surface area contributed by atoms with E-state index >= 15 is 0 Å². The first kappa shape index (κ1) is 14.3. The van der Waals surface area contributed by atoms with Gasteiger partial charge in [-0.2, -0.15) is 0 Å². The lowest BCUT2D eigenvalue weighted by atomic mass is 10.1. The molecule has 0 spiro atoms. The van der Waals surface area contributed by atoms with Crippen LogP contribution in [0.5, 0.6) is 0 Å². The molecule has 0 amide bonds. The van der Waals surface area contributed by atoms with Crippen molar-refractivity contribution in [3.8, 4) is 0 Å². The molecular weight excluding hydrogens is 336 g/mol. The molecule has 2 aromatic rings. The minimum Gasteiger partial charge on any atom is -0.377 e. The Kier molecular flexibility index (Phi) is 4.42. The molecule has 100 valence electrons. The fourth-order valence-electron chi connectivity index (χ4n) is 1.77. The number of benzene rings is 2. The molecule has 0 aliphatic rings. The summed E-state index contributed by atoms with van der Waals surface area (Å²) < 4.78 is 26.7. The highest BCUT2D eigenvalue weighted by molar-refractivity contribution is 9.10. The third-order valence-corrected chi connectivity index (χ3v) is 3.73. The van der Waals surface area contributed by atoms with E-state index in [1.165, 1.54) is 24.3 Å². The average Bonchev–Trinajstić information content (AvgIpc) is 2.32. The molecule has 1 atom stereocenters. The Morgan fingerprint density at radius 1 is 1.11 bits per heavy atom. The molecule has 19 heavy (non-hydrogen) atoms. The van der Waals surface area contributed by atoms with Gasteiger partial charge < -0.3 is 5.32 Å². The Labute approximate surface area is 123 Å². The number of hydrogen-bond acceptors (Lipinski definition) is 1. The molecule has 0 heterocycles. The normalized spacial score (nSPS) is 12.3. The third kappa shape index (κ3) is 3.45. The van der Waals surface area contributed by atoms with E-state index in [1.54, 1.807) is 12.1 Å². The SMILES string of the molecule is CC(Nc1ccc(F)cc1Cl)c1ccc(F)cc1Br. The highest BCUT2D eigenvalue weighted by Crippen LogP contribution is 2.30. The van der Waals surface area contributed by atoms with Crippen LogP contribution in [0.4, 0.5) is 14.5 Å². The molecule has 1 unspecified atom stereocenters. The van der Waals surface area contributed by atoms with Gasteiger partial charge in [0.25, 0.3) is 0 Å². The smallest absolute Gasteiger partial charge is 0.124 e. The number of rotatable bonds is 3. The molecule has 0 aliphatic heterocycles. The van der Waals surface area contributed by atoms with Crippen molar-refractivity contribution in [1.29, 1.82) is 0 Å². The average molecular weight is 347 g/mol. The second kappa shape index (κ2) is 5.88. The molecule has 0 bridgehead atoms. The minimum absolute atomic E-state index is 0.0991. The molecule has 0 saturated carbocycles. The van der Waals surface area contributed by atoms with Gasteiger partial charge in [0, 0.05) is 10.5 Å². The van der Waals surface area contributed by atoms with Gasteiger partial charge in [-0.25, -0.2) is 8.78 Å². The zero-order valence-corrected chi connectivity index (χ0v) is 12.4. The van der Waals surface area contributed by atoms with E-state index in [0.717, 1.165) is 5.56 Å². The summed E-state index contributed by atoms with van der Waals surface area (Å²) in [4.78, 5) is 0. The van der Waals surface area contributed by atoms with Gasteiger partial charge in [-0.1, -0.05) is 33.6 Å². The van der Waals surface area contributed by atoms with Gasteiger partial charge in [-0.3, -0.25) is 0 Å². The van der Waals surface area contributed by atoms with Crippen LogP contribution in [0, 0.1) is 11.6 Å². The summed E-state index contributed by atoms with van der Waals surface area (Å²) in [5, 5.41) is 3.47. The maximum absolute atomic E-state index is 13.0. The standard InChI is InChI=1S/C14H11BrClF2N/c1-8(11-4-2-9(17)6-12(11)15)19-14-5-3-10(18)7-13(14)16/h2-8,19H,1H3. The Morgan fingerprint density at radius 3 is 2.37 bits per heavy atom. The molecule has 0 fully saturated rings. The van der Waals surface area contributed by atoms with Crippen LogP contribution >= 0.6 is 27.5 Å². The predicted octanol–water partition coefficient (Wildman–Crippen LogP) is 5.55. The van der Waals surface area contributed by atoms with E-state index in [1.807, 2.05) is 6.92 Å². The third-order valence-electron chi connectivity index (χ3n) is 2.73. The summed E-state index contributed by atoms with van der Waals surface area (Å²) in [6.07, 6.45) is 0. The Bertz CT molecular complexity index is 604. The highest BCUT2D eigenvalue weighted by Gasteiger charge is 2.11. The second-order valence-electron chi connectivity index (χ2n) is 4.16. The van der Waals surface area contributed by atoms with E-state index in [-0.39, 0.29) is 17.7 Å². The van der Waals surface area contributed by atoms with Crippen LogP contribution in [-0.4, -0.2) is 0 Å².